The normalized spacial score (nSPS) is 16.8. The van der Waals surface area contributed by atoms with Gasteiger partial charge in [0.25, 0.3) is 0 Å². The molecule has 3 nitrogen and oxygen atoms in total. The van der Waals surface area contributed by atoms with Gasteiger partial charge in [-0.05, 0) is 48.9 Å². The fourth-order valence-corrected chi connectivity index (χ4v) is 5.85. The SMILES string of the molecule is C[C@H]1CCc2c(sc3ncnc(SCCOc4cccc(Br)c4)c23)C1. The van der Waals surface area contributed by atoms with E-state index in [1.165, 1.54) is 28.7 Å². The van der Waals surface area contributed by atoms with E-state index in [1.54, 1.807) is 18.1 Å². The molecule has 0 bridgehead atoms. The molecule has 2 heterocycles. The highest BCUT2D eigenvalue weighted by atomic mass is 79.9. The molecule has 0 spiro atoms. The number of thioether (sulfide) groups is 1. The Morgan fingerprint density at radius 2 is 2.28 bits per heavy atom. The number of fused-ring (bicyclic) bond motifs is 3. The van der Waals surface area contributed by atoms with Crippen LogP contribution in [0.25, 0.3) is 10.2 Å². The Morgan fingerprint density at radius 3 is 3.16 bits per heavy atom. The lowest BCUT2D eigenvalue weighted by atomic mass is 9.89. The molecule has 1 aromatic carbocycles. The minimum Gasteiger partial charge on any atom is -0.493 e. The molecule has 0 amide bonds. The molecule has 25 heavy (non-hydrogen) atoms. The van der Waals surface area contributed by atoms with Crippen LogP contribution >= 0.6 is 39.0 Å². The predicted molar refractivity (Wildman–Crippen MR) is 109 cm³/mol. The Balaban J connectivity index is 1.46. The fourth-order valence-electron chi connectivity index (χ4n) is 3.21. The van der Waals surface area contributed by atoms with Crippen LogP contribution in [0.1, 0.15) is 23.8 Å². The maximum atomic E-state index is 5.84. The molecule has 0 radical (unpaired) electrons. The van der Waals surface area contributed by atoms with Crippen LogP contribution in [0.15, 0.2) is 40.1 Å². The summed E-state index contributed by atoms with van der Waals surface area (Å²) in [5, 5.41) is 2.40. The first-order chi connectivity index (χ1) is 12.2. The van der Waals surface area contributed by atoms with Gasteiger partial charge in [-0.3, -0.25) is 0 Å². The van der Waals surface area contributed by atoms with Crippen LogP contribution in [0, 0.1) is 5.92 Å². The van der Waals surface area contributed by atoms with E-state index in [0.29, 0.717) is 6.61 Å². The molecule has 0 aliphatic heterocycles. The van der Waals surface area contributed by atoms with Gasteiger partial charge in [0, 0.05) is 20.5 Å². The highest BCUT2D eigenvalue weighted by Gasteiger charge is 2.23. The van der Waals surface area contributed by atoms with Crippen LogP contribution in [0.5, 0.6) is 5.75 Å². The molecule has 0 fully saturated rings. The molecule has 4 rings (SSSR count). The van der Waals surface area contributed by atoms with Crippen LogP contribution in [-0.2, 0) is 12.8 Å². The molecule has 1 aliphatic carbocycles. The Morgan fingerprint density at radius 1 is 1.36 bits per heavy atom. The molecule has 0 N–H and O–H groups in total. The van der Waals surface area contributed by atoms with E-state index in [1.807, 2.05) is 35.6 Å². The van der Waals surface area contributed by atoms with E-state index in [9.17, 15) is 0 Å². The van der Waals surface area contributed by atoms with Crippen molar-refractivity contribution in [3.63, 3.8) is 0 Å². The summed E-state index contributed by atoms with van der Waals surface area (Å²) in [5.74, 6) is 2.55. The predicted octanol–water partition coefficient (Wildman–Crippen LogP) is 5.75. The number of thiophene rings is 1. The second kappa shape index (κ2) is 7.64. The molecular weight excluding hydrogens is 416 g/mol. The zero-order valence-electron chi connectivity index (χ0n) is 14.0. The van der Waals surface area contributed by atoms with E-state index in [0.717, 1.165) is 38.2 Å². The first kappa shape index (κ1) is 17.3. The summed E-state index contributed by atoms with van der Waals surface area (Å²) >= 11 is 7.09. The summed E-state index contributed by atoms with van der Waals surface area (Å²) in [6.45, 7) is 3.00. The lowest BCUT2D eigenvalue weighted by Crippen LogP contribution is -2.08. The van der Waals surface area contributed by atoms with Crippen LogP contribution in [-0.4, -0.2) is 22.3 Å². The van der Waals surface area contributed by atoms with Gasteiger partial charge in [-0.25, -0.2) is 9.97 Å². The second-order valence-corrected chi connectivity index (χ2v) is 9.45. The molecular formula is C19H19BrN2OS2. The highest BCUT2D eigenvalue weighted by Crippen LogP contribution is 2.40. The summed E-state index contributed by atoms with van der Waals surface area (Å²) in [6.07, 6.45) is 5.31. The number of hydrogen-bond donors (Lipinski definition) is 0. The molecule has 1 atom stereocenters. The second-order valence-electron chi connectivity index (χ2n) is 6.37. The number of aromatic nitrogens is 2. The average Bonchev–Trinajstić information content (AvgIpc) is 2.97. The van der Waals surface area contributed by atoms with Crippen molar-refractivity contribution in [2.45, 2.75) is 31.2 Å². The van der Waals surface area contributed by atoms with Crippen molar-refractivity contribution < 1.29 is 4.74 Å². The summed E-state index contributed by atoms with van der Waals surface area (Å²) in [5.41, 5.74) is 1.49. The van der Waals surface area contributed by atoms with Gasteiger partial charge in [0.15, 0.2) is 0 Å². The van der Waals surface area contributed by atoms with E-state index in [4.69, 9.17) is 4.74 Å². The molecule has 130 valence electrons. The Kier molecular flexibility index (Phi) is 5.29. The monoisotopic (exact) mass is 434 g/mol. The van der Waals surface area contributed by atoms with Gasteiger partial charge in [-0.2, -0.15) is 0 Å². The van der Waals surface area contributed by atoms with E-state index in [2.05, 4.69) is 32.8 Å². The summed E-state index contributed by atoms with van der Waals surface area (Å²) in [6, 6.07) is 7.96. The van der Waals surface area contributed by atoms with Crippen molar-refractivity contribution in [2.75, 3.05) is 12.4 Å². The van der Waals surface area contributed by atoms with Gasteiger partial charge < -0.3 is 4.74 Å². The highest BCUT2D eigenvalue weighted by molar-refractivity contribution is 9.10. The van der Waals surface area contributed by atoms with Crippen molar-refractivity contribution in [3.05, 3.63) is 45.5 Å². The van der Waals surface area contributed by atoms with Crippen LogP contribution in [0.2, 0.25) is 0 Å². The van der Waals surface area contributed by atoms with Gasteiger partial charge >= 0.3 is 0 Å². The van der Waals surface area contributed by atoms with Gasteiger partial charge in [-0.1, -0.05) is 28.9 Å². The zero-order chi connectivity index (χ0) is 17.2. The van der Waals surface area contributed by atoms with Gasteiger partial charge in [0.1, 0.15) is 21.9 Å². The third kappa shape index (κ3) is 3.86. The van der Waals surface area contributed by atoms with Crippen molar-refractivity contribution in [2.24, 2.45) is 5.92 Å². The first-order valence-electron chi connectivity index (χ1n) is 8.47. The summed E-state index contributed by atoms with van der Waals surface area (Å²) in [7, 11) is 0. The smallest absolute Gasteiger partial charge is 0.128 e. The summed E-state index contributed by atoms with van der Waals surface area (Å²) < 4.78 is 6.87. The number of rotatable bonds is 5. The Hall–Kier alpha value is -1.11. The average molecular weight is 435 g/mol. The minimum absolute atomic E-state index is 0.663. The van der Waals surface area contributed by atoms with E-state index >= 15 is 0 Å². The lowest BCUT2D eigenvalue weighted by Gasteiger charge is -2.18. The van der Waals surface area contributed by atoms with Crippen molar-refractivity contribution >= 4 is 49.2 Å². The maximum Gasteiger partial charge on any atom is 0.128 e. The number of nitrogens with zero attached hydrogens (tertiary/aromatic N) is 2. The third-order valence-electron chi connectivity index (χ3n) is 4.44. The number of aryl methyl sites for hydroxylation is 1. The molecule has 0 saturated carbocycles. The molecule has 2 aromatic heterocycles. The van der Waals surface area contributed by atoms with E-state index < -0.39 is 0 Å². The molecule has 1 aliphatic rings. The number of ether oxygens (including phenoxy) is 1. The quantitative estimate of drug-likeness (QED) is 0.290. The first-order valence-corrected chi connectivity index (χ1v) is 11.1. The van der Waals surface area contributed by atoms with Crippen molar-refractivity contribution in [1.29, 1.82) is 0 Å². The standard InChI is InChI=1S/C19H19BrN2OS2/c1-12-5-6-15-16(9-12)25-19-17(15)18(21-11-22-19)24-8-7-23-14-4-2-3-13(20)10-14/h2-4,10-12H,5-9H2,1H3/t12-/m0/s1. The minimum atomic E-state index is 0.663. The number of benzene rings is 1. The number of hydrogen-bond acceptors (Lipinski definition) is 5. The summed E-state index contributed by atoms with van der Waals surface area (Å²) in [4.78, 5) is 11.7. The fraction of sp³-hybridized carbons (Fsp3) is 0.368. The van der Waals surface area contributed by atoms with Gasteiger partial charge in [0.05, 0.1) is 6.61 Å². The van der Waals surface area contributed by atoms with E-state index in [-0.39, 0.29) is 0 Å². The molecule has 0 saturated heterocycles. The van der Waals surface area contributed by atoms with Crippen molar-refractivity contribution in [1.82, 2.24) is 9.97 Å². The molecule has 6 heteroatoms. The Bertz CT molecular complexity index is 896. The zero-order valence-corrected chi connectivity index (χ0v) is 17.2. The van der Waals surface area contributed by atoms with Gasteiger partial charge in [0.2, 0.25) is 0 Å². The maximum absolute atomic E-state index is 5.84. The third-order valence-corrected chi connectivity index (χ3v) is 7.05. The lowest BCUT2D eigenvalue weighted by molar-refractivity contribution is 0.343. The Labute approximate surface area is 164 Å². The number of halogens is 1. The van der Waals surface area contributed by atoms with Crippen LogP contribution in [0.3, 0.4) is 0 Å². The van der Waals surface area contributed by atoms with Crippen LogP contribution in [0.4, 0.5) is 0 Å². The largest absolute Gasteiger partial charge is 0.493 e. The van der Waals surface area contributed by atoms with Crippen LogP contribution < -0.4 is 4.74 Å². The van der Waals surface area contributed by atoms with Gasteiger partial charge in [-0.15, -0.1) is 23.1 Å². The molecule has 3 aromatic rings. The molecule has 0 unspecified atom stereocenters. The topological polar surface area (TPSA) is 35.0 Å². The van der Waals surface area contributed by atoms with Crippen molar-refractivity contribution in [3.8, 4) is 5.75 Å².